The number of fused-ring (bicyclic) bond motifs is 1. The van der Waals surface area contributed by atoms with Gasteiger partial charge in [0.1, 0.15) is 0 Å². The third-order valence-corrected chi connectivity index (χ3v) is 3.72. The molecule has 2 fully saturated rings. The summed E-state index contributed by atoms with van der Waals surface area (Å²) in [4.78, 5) is 0. The van der Waals surface area contributed by atoms with Gasteiger partial charge in [-0.05, 0) is 36.5 Å². The largest absolute Gasteiger partial charge is 0.0648 e. The Hall–Kier alpha value is 0. The monoisotopic (exact) mass is 110 g/mol. The molecule has 0 aromatic carbocycles. The first-order chi connectivity index (χ1) is 3.72. The van der Waals surface area contributed by atoms with Crippen LogP contribution in [0.3, 0.4) is 0 Å². The smallest absolute Gasteiger partial charge is 0.0240 e. The molecule has 0 aromatic rings. The van der Waals surface area contributed by atoms with Gasteiger partial charge in [-0.3, -0.25) is 0 Å². The van der Waals surface area contributed by atoms with Crippen LogP contribution < -0.4 is 0 Å². The molecule has 0 heterocycles. The fourth-order valence-electron chi connectivity index (χ4n) is 2.51. The van der Waals surface area contributed by atoms with Crippen LogP contribution in [0, 0.1) is 10.8 Å². The first-order valence-corrected chi connectivity index (χ1v) is 3.72. The van der Waals surface area contributed by atoms with Gasteiger partial charge in [0, 0.05) is 0 Å². The standard InChI is InChI=1S/C8H14/c1-3-8-5-4-7(8,2)6-8/h3-6H2,1-2H3/t7-,8+/m0/s1. The molecule has 0 nitrogen and oxygen atoms in total. The second kappa shape index (κ2) is 0.984. The molecule has 0 N–H and O–H groups in total. The normalized spacial score (nSPS) is 59.2. The second-order valence-corrected chi connectivity index (χ2v) is 3.87. The predicted octanol–water partition coefficient (Wildman–Crippen LogP) is 2.59. The summed E-state index contributed by atoms with van der Waals surface area (Å²) in [5.74, 6) is 0. The molecule has 0 amide bonds. The molecule has 0 aromatic heterocycles. The predicted molar refractivity (Wildman–Crippen MR) is 34.7 cm³/mol. The van der Waals surface area contributed by atoms with E-state index < -0.39 is 0 Å². The van der Waals surface area contributed by atoms with Crippen LogP contribution in [0.2, 0.25) is 0 Å². The summed E-state index contributed by atoms with van der Waals surface area (Å²) < 4.78 is 0. The first kappa shape index (κ1) is 4.84. The van der Waals surface area contributed by atoms with Crippen LogP contribution in [0.5, 0.6) is 0 Å². The Morgan fingerprint density at radius 2 is 2.12 bits per heavy atom. The molecule has 2 aliphatic carbocycles. The van der Waals surface area contributed by atoms with Crippen LogP contribution in [-0.2, 0) is 0 Å². The molecule has 2 saturated carbocycles. The van der Waals surface area contributed by atoms with E-state index in [1.807, 2.05) is 0 Å². The van der Waals surface area contributed by atoms with E-state index in [-0.39, 0.29) is 0 Å². The lowest BCUT2D eigenvalue weighted by Crippen LogP contribution is -2.21. The fraction of sp³-hybridized carbons (Fsp3) is 1.00. The van der Waals surface area contributed by atoms with Crippen LogP contribution in [0.1, 0.15) is 39.5 Å². The molecule has 2 atom stereocenters. The first-order valence-electron chi connectivity index (χ1n) is 3.72. The SMILES string of the molecule is CC[C@]12CC[C@@]1(C)C2. The summed E-state index contributed by atoms with van der Waals surface area (Å²) in [6, 6.07) is 0. The van der Waals surface area contributed by atoms with Crippen LogP contribution in [-0.4, -0.2) is 0 Å². The average molecular weight is 110 g/mol. The van der Waals surface area contributed by atoms with Crippen molar-refractivity contribution in [3.63, 3.8) is 0 Å². The van der Waals surface area contributed by atoms with Gasteiger partial charge in [0.2, 0.25) is 0 Å². The number of hydrogen-bond donors (Lipinski definition) is 0. The van der Waals surface area contributed by atoms with E-state index >= 15 is 0 Å². The van der Waals surface area contributed by atoms with Crippen molar-refractivity contribution in [1.29, 1.82) is 0 Å². The van der Waals surface area contributed by atoms with E-state index in [9.17, 15) is 0 Å². The van der Waals surface area contributed by atoms with Crippen molar-refractivity contribution in [3.05, 3.63) is 0 Å². The molecular formula is C8H14. The lowest BCUT2D eigenvalue weighted by molar-refractivity contribution is 0.190. The highest BCUT2D eigenvalue weighted by molar-refractivity contribution is 5.18. The number of rotatable bonds is 1. The summed E-state index contributed by atoms with van der Waals surface area (Å²) in [6.07, 6.45) is 6.01. The Balaban J connectivity index is 2.15. The van der Waals surface area contributed by atoms with Crippen LogP contribution >= 0.6 is 0 Å². The minimum absolute atomic E-state index is 0.835. The fourth-order valence-corrected chi connectivity index (χ4v) is 2.51. The van der Waals surface area contributed by atoms with Crippen LogP contribution in [0.25, 0.3) is 0 Å². The summed E-state index contributed by atoms with van der Waals surface area (Å²) in [7, 11) is 0. The van der Waals surface area contributed by atoms with Crippen molar-refractivity contribution in [1.82, 2.24) is 0 Å². The van der Waals surface area contributed by atoms with Gasteiger partial charge in [-0.2, -0.15) is 0 Å². The van der Waals surface area contributed by atoms with E-state index in [0.717, 1.165) is 10.8 Å². The van der Waals surface area contributed by atoms with Gasteiger partial charge in [0.25, 0.3) is 0 Å². The molecule has 46 valence electrons. The zero-order valence-electron chi connectivity index (χ0n) is 5.83. The third kappa shape index (κ3) is 0.284. The summed E-state index contributed by atoms with van der Waals surface area (Å²) in [6.45, 7) is 4.78. The maximum Gasteiger partial charge on any atom is -0.0240 e. The van der Waals surface area contributed by atoms with Gasteiger partial charge in [-0.15, -0.1) is 0 Å². The zero-order valence-corrected chi connectivity index (χ0v) is 5.83. The van der Waals surface area contributed by atoms with Gasteiger partial charge in [0.05, 0.1) is 0 Å². The van der Waals surface area contributed by atoms with Crippen LogP contribution in [0.4, 0.5) is 0 Å². The summed E-state index contributed by atoms with van der Waals surface area (Å²) in [5, 5.41) is 0. The molecule has 2 rings (SSSR count). The van der Waals surface area contributed by atoms with Gasteiger partial charge in [0.15, 0.2) is 0 Å². The zero-order chi connectivity index (χ0) is 5.83. The topological polar surface area (TPSA) is 0 Å². The van der Waals surface area contributed by atoms with E-state index in [2.05, 4.69) is 13.8 Å². The highest BCUT2D eigenvalue weighted by Gasteiger charge is 2.68. The molecule has 2 aliphatic rings. The van der Waals surface area contributed by atoms with Crippen molar-refractivity contribution in [3.8, 4) is 0 Å². The number of hydrogen-bond acceptors (Lipinski definition) is 0. The van der Waals surface area contributed by atoms with Gasteiger partial charge < -0.3 is 0 Å². The molecule has 0 spiro atoms. The molecule has 0 radical (unpaired) electrons. The Morgan fingerprint density at radius 1 is 1.38 bits per heavy atom. The maximum atomic E-state index is 2.44. The van der Waals surface area contributed by atoms with Crippen molar-refractivity contribution in [2.75, 3.05) is 0 Å². The molecule has 0 aliphatic heterocycles. The van der Waals surface area contributed by atoms with Crippen molar-refractivity contribution >= 4 is 0 Å². The van der Waals surface area contributed by atoms with Crippen molar-refractivity contribution in [2.24, 2.45) is 10.8 Å². The quantitative estimate of drug-likeness (QED) is 0.486. The molecule has 0 unspecified atom stereocenters. The highest BCUT2D eigenvalue weighted by Crippen LogP contribution is 2.78. The van der Waals surface area contributed by atoms with E-state index in [1.165, 1.54) is 25.7 Å². The van der Waals surface area contributed by atoms with Crippen molar-refractivity contribution < 1.29 is 0 Å². The average Bonchev–Trinajstić information content (AvgIpc) is 2.15. The lowest BCUT2D eigenvalue weighted by Gasteiger charge is -2.31. The Kier molecular flexibility index (Phi) is 0.595. The van der Waals surface area contributed by atoms with Crippen molar-refractivity contribution in [2.45, 2.75) is 39.5 Å². The molecule has 0 heteroatoms. The van der Waals surface area contributed by atoms with E-state index in [1.54, 1.807) is 0 Å². The van der Waals surface area contributed by atoms with E-state index in [4.69, 9.17) is 0 Å². The van der Waals surface area contributed by atoms with Gasteiger partial charge in [-0.1, -0.05) is 13.8 Å². The molecule has 0 bridgehead atoms. The Labute approximate surface area is 51.3 Å². The third-order valence-electron chi connectivity index (χ3n) is 3.72. The molecule has 8 heavy (non-hydrogen) atoms. The molecule has 0 saturated heterocycles. The summed E-state index contributed by atoms with van der Waals surface area (Å²) >= 11 is 0. The second-order valence-electron chi connectivity index (χ2n) is 3.87. The Morgan fingerprint density at radius 3 is 2.12 bits per heavy atom. The van der Waals surface area contributed by atoms with E-state index in [0.29, 0.717) is 0 Å². The highest BCUT2D eigenvalue weighted by atomic mass is 14.7. The summed E-state index contributed by atoms with van der Waals surface area (Å²) in [5.41, 5.74) is 1.70. The Bertz CT molecular complexity index is 124. The van der Waals surface area contributed by atoms with Gasteiger partial charge >= 0.3 is 0 Å². The van der Waals surface area contributed by atoms with Crippen LogP contribution in [0.15, 0.2) is 0 Å². The molecular weight excluding hydrogens is 96.1 g/mol. The van der Waals surface area contributed by atoms with Gasteiger partial charge in [-0.25, -0.2) is 0 Å². The minimum Gasteiger partial charge on any atom is -0.0648 e. The lowest BCUT2D eigenvalue weighted by atomic mass is 9.74. The maximum absolute atomic E-state index is 2.44. The minimum atomic E-state index is 0.835.